The number of rotatable bonds is 3. The molecular formula is C17H32Cl2N4O3. The predicted octanol–water partition coefficient (Wildman–Crippen LogP) is 0.351. The zero-order chi connectivity index (χ0) is 16.9. The molecule has 3 aliphatic rings. The van der Waals surface area contributed by atoms with Gasteiger partial charge in [0.1, 0.15) is 0 Å². The van der Waals surface area contributed by atoms with Gasteiger partial charge in [0.25, 0.3) is 0 Å². The molecule has 1 saturated carbocycles. The molecule has 9 heteroatoms. The van der Waals surface area contributed by atoms with Crippen molar-refractivity contribution in [1.82, 2.24) is 14.7 Å². The van der Waals surface area contributed by atoms with Crippen molar-refractivity contribution in [1.29, 1.82) is 0 Å². The lowest BCUT2D eigenvalue weighted by molar-refractivity contribution is -0.143. The minimum Gasteiger partial charge on any atom is -0.379 e. The summed E-state index contributed by atoms with van der Waals surface area (Å²) in [5.41, 5.74) is 6.01. The Bertz CT molecular complexity index is 455. The second-order valence-electron chi connectivity index (χ2n) is 7.22. The number of morpholine rings is 1. The van der Waals surface area contributed by atoms with E-state index in [2.05, 4.69) is 4.90 Å². The summed E-state index contributed by atoms with van der Waals surface area (Å²) in [7, 11) is 0. The van der Waals surface area contributed by atoms with E-state index in [0.29, 0.717) is 45.9 Å². The molecule has 3 rings (SSSR count). The van der Waals surface area contributed by atoms with Gasteiger partial charge in [-0.25, -0.2) is 0 Å². The maximum Gasteiger partial charge on any atom is 0.236 e. The summed E-state index contributed by atoms with van der Waals surface area (Å²) in [5.74, 6) is 0.499. The Labute approximate surface area is 168 Å². The first-order valence-corrected chi connectivity index (χ1v) is 9.25. The Morgan fingerprint density at radius 2 is 1.54 bits per heavy atom. The Kier molecular flexibility index (Phi) is 10.2. The molecule has 7 nitrogen and oxygen atoms in total. The molecule has 26 heavy (non-hydrogen) atoms. The van der Waals surface area contributed by atoms with Crippen LogP contribution in [0.2, 0.25) is 0 Å². The number of halogens is 2. The minimum atomic E-state index is 0. The molecule has 2 saturated heterocycles. The number of nitrogens with two attached hydrogens (primary N) is 1. The Balaban J connectivity index is 0.00000169. The van der Waals surface area contributed by atoms with Crippen LogP contribution in [0.3, 0.4) is 0 Å². The number of ether oxygens (including phenoxy) is 1. The summed E-state index contributed by atoms with van der Waals surface area (Å²) < 4.78 is 5.31. The molecule has 0 aromatic carbocycles. The second-order valence-corrected chi connectivity index (χ2v) is 7.22. The van der Waals surface area contributed by atoms with E-state index in [1.807, 2.05) is 9.80 Å². The average molecular weight is 411 g/mol. The zero-order valence-electron chi connectivity index (χ0n) is 15.3. The van der Waals surface area contributed by atoms with Gasteiger partial charge in [0.15, 0.2) is 0 Å². The van der Waals surface area contributed by atoms with Crippen molar-refractivity contribution < 1.29 is 14.3 Å². The van der Waals surface area contributed by atoms with Gasteiger partial charge in [0.2, 0.25) is 11.8 Å². The molecule has 2 N–H and O–H groups in total. The summed E-state index contributed by atoms with van der Waals surface area (Å²) in [6.07, 6.45) is 3.86. The van der Waals surface area contributed by atoms with Crippen LogP contribution in [-0.2, 0) is 14.3 Å². The van der Waals surface area contributed by atoms with E-state index < -0.39 is 0 Å². The van der Waals surface area contributed by atoms with Crippen molar-refractivity contribution in [2.45, 2.75) is 31.7 Å². The van der Waals surface area contributed by atoms with Crippen molar-refractivity contribution in [2.24, 2.45) is 11.7 Å². The SMILES string of the molecule is Cl.Cl.NC1CCCC(C(=O)N2CCN(C(=O)CN3CCOCC3)CC2)C1. The molecule has 2 aliphatic heterocycles. The molecule has 0 aromatic heterocycles. The Morgan fingerprint density at radius 1 is 0.923 bits per heavy atom. The average Bonchev–Trinajstić information content (AvgIpc) is 2.62. The number of carbonyl (C=O) groups is 2. The molecule has 1 aliphatic carbocycles. The quantitative estimate of drug-likeness (QED) is 0.725. The minimum absolute atomic E-state index is 0. The number of piperazine rings is 1. The predicted molar refractivity (Wildman–Crippen MR) is 105 cm³/mol. The normalized spacial score (nSPS) is 27.3. The fourth-order valence-corrected chi connectivity index (χ4v) is 3.94. The number of carbonyl (C=O) groups excluding carboxylic acids is 2. The highest BCUT2D eigenvalue weighted by atomic mass is 35.5. The monoisotopic (exact) mass is 410 g/mol. The van der Waals surface area contributed by atoms with Crippen molar-refractivity contribution in [3.63, 3.8) is 0 Å². The highest BCUT2D eigenvalue weighted by molar-refractivity contribution is 5.85. The van der Waals surface area contributed by atoms with Gasteiger partial charge in [0, 0.05) is 51.2 Å². The largest absolute Gasteiger partial charge is 0.379 e. The molecule has 2 heterocycles. The van der Waals surface area contributed by atoms with E-state index >= 15 is 0 Å². The van der Waals surface area contributed by atoms with E-state index in [0.717, 1.165) is 38.8 Å². The second kappa shape index (κ2) is 11.3. The fourth-order valence-electron chi connectivity index (χ4n) is 3.94. The zero-order valence-corrected chi connectivity index (χ0v) is 16.9. The van der Waals surface area contributed by atoms with Gasteiger partial charge in [-0.15, -0.1) is 24.8 Å². The van der Waals surface area contributed by atoms with Crippen LogP contribution in [0.25, 0.3) is 0 Å². The highest BCUT2D eigenvalue weighted by Gasteiger charge is 2.31. The molecule has 0 aromatic rings. The highest BCUT2D eigenvalue weighted by Crippen LogP contribution is 2.25. The van der Waals surface area contributed by atoms with Crippen LogP contribution >= 0.6 is 24.8 Å². The van der Waals surface area contributed by atoms with E-state index in [9.17, 15) is 9.59 Å². The molecule has 0 spiro atoms. The Hall–Kier alpha value is -0.600. The molecule has 152 valence electrons. The maximum atomic E-state index is 12.6. The molecule has 0 radical (unpaired) electrons. The van der Waals surface area contributed by atoms with Gasteiger partial charge < -0.3 is 20.3 Å². The summed E-state index contributed by atoms with van der Waals surface area (Å²) in [6, 6.07) is 0.170. The van der Waals surface area contributed by atoms with Crippen LogP contribution < -0.4 is 5.73 Å². The van der Waals surface area contributed by atoms with Crippen LogP contribution in [0, 0.1) is 5.92 Å². The van der Waals surface area contributed by atoms with Gasteiger partial charge in [0.05, 0.1) is 19.8 Å². The van der Waals surface area contributed by atoms with Crippen LogP contribution in [0.15, 0.2) is 0 Å². The van der Waals surface area contributed by atoms with Gasteiger partial charge in [-0.1, -0.05) is 6.42 Å². The van der Waals surface area contributed by atoms with Gasteiger partial charge in [-0.05, 0) is 19.3 Å². The van der Waals surface area contributed by atoms with Gasteiger partial charge in [-0.3, -0.25) is 14.5 Å². The lowest BCUT2D eigenvalue weighted by atomic mass is 9.85. The number of hydrogen-bond donors (Lipinski definition) is 1. The first-order chi connectivity index (χ1) is 11.6. The van der Waals surface area contributed by atoms with Crippen molar-refractivity contribution in [2.75, 3.05) is 59.0 Å². The van der Waals surface area contributed by atoms with Crippen LogP contribution in [-0.4, -0.2) is 91.6 Å². The van der Waals surface area contributed by atoms with E-state index in [1.165, 1.54) is 0 Å². The Morgan fingerprint density at radius 3 is 2.15 bits per heavy atom. The maximum absolute atomic E-state index is 12.6. The molecule has 2 amide bonds. The van der Waals surface area contributed by atoms with E-state index in [-0.39, 0.29) is 48.6 Å². The summed E-state index contributed by atoms with van der Waals surface area (Å²) in [5, 5.41) is 0. The van der Waals surface area contributed by atoms with Crippen LogP contribution in [0.5, 0.6) is 0 Å². The van der Waals surface area contributed by atoms with Crippen LogP contribution in [0.4, 0.5) is 0 Å². The molecule has 0 bridgehead atoms. The van der Waals surface area contributed by atoms with E-state index in [4.69, 9.17) is 10.5 Å². The summed E-state index contributed by atoms with van der Waals surface area (Å²) >= 11 is 0. The first kappa shape index (κ1) is 23.4. The fraction of sp³-hybridized carbons (Fsp3) is 0.882. The smallest absolute Gasteiger partial charge is 0.236 e. The molecule has 3 fully saturated rings. The van der Waals surface area contributed by atoms with Gasteiger partial charge >= 0.3 is 0 Å². The summed E-state index contributed by atoms with van der Waals surface area (Å²) in [6.45, 7) is 6.13. The van der Waals surface area contributed by atoms with Crippen molar-refractivity contribution in [3.05, 3.63) is 0 Å². The lowest BCUT2D eigenvalue weighted by Crippen LogP contribution is -2.54. The molecule has 2 unspecified atom stereocenters. The molecule has 2 atom stereocenters. The number of nitrogens with zero attached hydrogens (tertiary/aromatic N) is 3. The van der Waals surface area contributed by atoms with Crippen LogP contribution in [0.1, 0.15) is 25.7 Å². The standard InChI is InChI=1S/C17H30N4O3.2ClH/c18-15-3-1-2-14(12-15)17(23)21-6-4-20(5-7-21)16(22)13-19-8-10-24-11-9-19;;/h14-15H,1-13,18H2;2*1H. The third-order valence-electron chi connectivity index (χ3n) is 5.47. The lowest BCUT2D eigenvalue weighted by Gasteiger charge is -2.38. The van der Waals surface area contributed by atoms with Crippen molar-refractivity contribution >= 4 is 36.6 Å². The van der Waals surface area contributed by atoms with Crippen molar-refractivity contribution in [3.8, 4) is 0 Å². The molecular weight excluding hydrogens is 379 g/mol. The van der Waals surface area contributed by atoms with E-state index in [1.54, 1.807) is 0 Å². The number of hydrogen-bond acceptors (Lipinski definition) is 5. The van der Waals surface area contributed by atoms with Gasteiger partial charge in [-0.2, -0.15) is 0 Å². The third kappa shape index (κ3) is 6.23. The third-order valence-corrected chi connectivity index (χ3v) is 5.47. The number of amides is 2. The summed E-state index contributed by atoms with van der Waals surface area (Å²) in [4.78, 5) is 31.0. The topological polar surface area (TPSA) is 79.1 Å². The first-order valence-electron chi connectivity index (χ1n) is 9.25.